The molecule has 1 unspecified atom stereocenters. The highest BCUT2D eigenvalue weighted by Gasteiger charge is 2.20. The molecular formula is C14H22N2O. The molecule has 94 valence electrons. The van der Waals surface area contributed by atoms with E-state index in [9.17, 15) is 0 Å². The van der Waals surface area contributed by atoms with Gasteiger partial charge in [-0.2, -0.15) is 0 Å². The van der Waals surface area contributed by atoms with Crippen molar-refractivity contribution >= 4 is 5.69 Å². The zero-order chi connectivity index (χ0) is 12.1. The van der Waals surface area contributed by atoms with Gasteiger partial charge in [0.2, 0.25) is 0 Å². The van der Waals surface area contributed by atoms with E-state index in [0.717, 1.165) is 32.7 Å². The van der Waals surface area contributed by atoms with Gasteiger partial charge in [-0.05, 0) is 25.1 Å². The zero-order valence-electron chi connectivity index (χ0n) is 10.8. The Bertz CT molecular complexity index is 354. The SMILES string of the molecule is CCC1CN(c2ccccc2CNC)CCO1. The van der Waals surface area contributed by atoms with Crippen LogP contribution in [0.3, 0.4) is 0 Å². The van der Waals surface area contributed by atoms with Crippen LogP contribution in [-0.4, -0.2) is 32.8 Å². The second-order valence-electron chi connectivity index (χ2n) is 4.51. The van der Waals surface area contributed by atoms with Crippen LogP contribution >= 0.6 is 0 Å². The Morgan fingerprint density at radius 2 is 2.24 bits per heavy atom. The normalized spacial score (nSPS) is 20.6. The van der Waals surface area contributed by atoms with Crippen LogP contribution in [-0.2, 0) is 11.3 Å². The molecule has 0 aromatic heterocycles. The highest BCUT2D eigenvalue weighted by Crippen LogP contribution is 2.23. The van der Waals surface area contributed by atoms with E-state index in [0.29, 0.717) is 6.10 Å². The van der Waals surface area contributed by atoms with Crippen molar-refractivity contribution in [2.45, 2.75) is 26.0 Å². The maximum atomic E-state index is 5.72. The molecule has 0 aliphatic carbocycles. The number of benzene rings is 1. The predicted octanol–water partition coefficient (Wildman–Crippen LogP) is 2.02. The molecule has 1 heterocycles. The van der Waals surface area contributed by atoms with Gasteiger partial charge in [0.05, 0.1) is 12.7 Å². The fraction of sp³-hybridized carbons (Fsp3) is 0.571. The van der Waals surface area contributed by atoms with Crippen LogP contribution in [0, 0.1) is 0 Å². The summed E-state index contributed by atoms with van der Waals surface area (Å²) >= 11 is 0. The molecule has 0 radical (unpaired) electrons. The molecule has 2 rings (SSSR count). The van der Waals surface area contributed by atoms with Gasteiger partial charge in [0.1, 0.15) is 0 Å². The van der Waals surface area contributed by atoms with Crippen molar-refractivity contribution in [3.8, 4) is 0 Å². The number of para-hydroxylation sites is 1. The van der Waals surface area contributed by atoms with E-state index in [1.807, 2.05) is 7.05 Å². The molecule has 1 N–H and O–H groups in total. The fourth-order valence-electron chi connectivity index (χ4n) is 2.34. The van der Waals surface area contributed by atoms with Crippen molar-refractivity contribution in [2.24, 2.45) is 0 Å². The van der Waals surface area contributed by atoms with Gasteiger partial charge in [-0.1, -0.05) is 25.1 Å². The minimum Gasteiger partial charge on any atom is -0.375 e. The third-order valence-electron chi connectivity index (χ3n) is 3.29. The third-order valence-corrected chi connectivity index (χ3v) is 3.29. The average Bonchev–Trinajstić information content (AvgIpc) is 2.40. The Morgan fingerprint density at radius 3 is 3.00 bits per heavy atom. The Kier molecular flexibility index (Phi) is 4.40. The largest absolute Gasteiger partial charge is 0.375 e. The molecular weight excluding hydrogens is 212 g/mol. The monoisotopic (exact) mass is 234 g/mol. The van der Waals surface area contributed by atoms with Gasteiger partial charge in [0, 0.05) is 25.3 Å². The smallest absolute Gasteiger partial charge is 0.0748 e. The summed E-state index contributed by atoms with van der Waals surface area (Å²) in [5.41, 5.74) is 2.72. The summed E-state index contributed by atoms with van der Waals surface area (Å²) in [6, 6.07) is 8.63. The number of nitrogens with one attached hydrogen (secondary N) is 1. The van der Waals surface area contributed by atoms with Crippen LogP contribution in [0.1, 0.15) is 18.9 Å². The fourth-order valence-corrected chi connectivity index (χ4v) is 2.34. The molecule has 0 bridgehead atoms. The Morgan fingerprint density at radius 1 is 1.41 bits per heavy atom. The number of morpholine rings is 1. The molecule has 17 heavy (non-hydrogen) atoms. The predicted molar refractivity (Wildman–Crippen MR) is 71.4 cm³/mol. The molecule has 0 saturated carbocycles. The maximum Gasteiger partial charge on any atom is 0.0748 e. The van der Waals surface area contributed by atoms with Crippen molar-refractivity contribution in [3.05, 3.63) is 29.8 Å². The lowest BCUT2D eigenvalue weighted by Gasteiger charge is -2.35. The van der Waals surface area contributed by atoms with E-state index in [1.165, 1.54) is 11.3 Å². The quantitative estimate of drug-likeness (QED) is 0.862. The third kappa shape index (κ3) is 2.99. The summed E-state index contributed by atoms with van der Waals surface area (Å²) in [5, 5.41) is 3.23. The van der Waals surface area contributed by atoms with E-state index in [2.05, 4.69) is 41.4 Å². The number of rotatable bonds is 4. The lowest BCUT2D eigenvalue weighted by atomic mass is 10.1. The molecule has 0 spiro atoms. The van der Waals surface area contributed by atoms with Gasteiger partial charge >= 0.3 is 0 Å². The molecule has 1 aromatic carbocycles. The lowest BCUT2D eigenvalue weighted by molar-refractivity contribution is 0.0384. The first-order valence-corrected chi connectivity index (χ1v) is 6.44. The van der Waals surface area contributed by atoms with Gasteiger partial charge in [-0.25, -0.2) is 0 Å². The Balaban J connectivity index is 2.15. The van der Waals surface area contributed by atoms with E-state index < -0.39 is 0 Å². The van der Waals surface area contributed by atoms with Crippen LogP contribution in [0.25, 0.3) is 0 Å². The molecule has 1 aromatic rings. The number of ether oxygens (including phenoxy) is 1. The first-order valence-electron chi connectivity index (χ1n) is 6.44. The van der Waals surface area contributed by atoms with Crippen LogP contribution in [0.5, 0.6) is 0 Å². The standard InChI is InChI=1S/C14H22N2O/c1-3-13-11-16(8-9-17-13)14-7-5-4-6-12(14)10-15-2/h4-7,13,15H,3,8-11H2,1-2H3. The van der Waals surface area contributed by atoms with E-state index >= 15 is 0 Å². The summed E-state index contributed by atoms with van der Waals surface area (Å²) in [5.74, 6) is 0. The highest BCUT2D eigenvalue weighted by atomic mass is 16.5. The number of nitrogens with zero attached hydrogens (tertiary/aromatic N) is 1. The minimum absolute atomic E-state index is 0.381. The Hall–Kier alpha value is -1.06. The van der Waals surface area contributed by atoms with Crippen molar-refractivity contribution < 1.29 is 4.74 Å². The summed E-state index contributed by atoms with van der Waals surface area (Å²) in [6.45, 7) is 5.96. The summed E-state index contributed by atoms with van der Waals surface area (Å²) in [4.78, 5) is 2.45. The van der Waals surface area contributed by atoms with Crippen LogP contribution in [0.2, 0.25) is 0 Å². The van der Waals surface area contributed by atoms with Crippen LogP contribution < -0.4 is 10.2 Å². The molecule has 0 amide bonds. The highest BCUT2D eigenvalue weighted by molar-refractivity contribution is 5.54. The summed E-state index contributed by atoms with van der Waals surface area (Å²) < 4.78 is 5.72. The number of hydrogen-bond acceptors (Lipinski definition) is 3. The molecule has 1 aliphatic heterocycles. The van der Waals surface area contributed by atoms with E-state index in [4.69, 9.17) is 4.74 Å². The first kappa shape index (κ1) is 12.4. The summed E-state index contributed by atoms with van der Waals surface area (Å²) in [6.07, 6.45) is 1.47. The van der Waals surface area contributed by atoms with Crippen molar-refractivity contribution in [1.82, 2.24) is 5.32 Å². The first-order chi connectivity index (χ1) is 8.35. The lowest BCUT2D eigenvalue weighted by Crippen LogP contribution is -2.42. The van der Waals surface area contributed by atoms with E-state index in [1.54, 1.807) is 0 Å². The van der Waals surface area contributed by atoms with Crippen LogP contribution in [0.4, 0.5) is 5.69 Å². The van der Waals surface area contributed by atoms with Gasteiger partial charge < -0.3 is 15.0 Å². The van der Waals surface area contributed by atoms with Gasteiger partial charge in [0.25, 0.3) is 0 Å². The number of anilines is 1. The molecule has 3 nitrogen and oxygen atoms in total. The minimum atomic E-state index is 0.381. The molecule has 3 heteroatoms. The molecule has 1 fully saturated rings. The van der Waals surface area contributed by atoms with E-state index in [-0.39, 0.29) is 0 Å². The molecule has 1 aliphatic rings. The van der Waals surface area contributed by atoms with Gasteiger partial charge in [-0.3, -0.25) is 0 Å². The zero-order valence-corrected chi connectivity index (χ0v) is 10.8. The van der Waals surface area contributed by atoms with Crippen molar-refractivity contribution in [3.63, 3.8) is 0 Å². The van der Waals surface area contributed by atoms with Gasteiger partial charge in [-0.15, -0.1) is 0 Å². The van der Waals surface area contributed by atoms with Crippen molar-refractivity contribution in [2.75, 3.05) is 31.6 Å². The Labute approximate surface area is 104 Å². The second kappa shape index (κ2) is 6.03. The average molecular weight is 234 g/mol. The molecule has 1 saturated heterocycles. The number of hydrogen-bond donors (Lipinski definition) is 1. The van der Waals surface area contributed by atoms with Crippen LogP contribution in [0.15, 0.2) is 24.3 Å². The van der Waals surface area contributed by atoms with Gasteiger partial charge in [0.15, 0.2) is 0 Å². The van der Waals surface area contributed by atoms with Crippen molar-refractivity contribution in [1.29, 1.82) is 0 Å². The topological polar surface area (TPSA) is 24.5 Å². The summed E-state index contributed by atoms with van der Waals surface area (Å²) in [7, 11) is 1.99. The molecule has 1 atom stereocenters. The second-order valence-corrected chi connectivity index (χ2v) is 4.51. The maximum absolute atomic E-state index is 5.72.